The number of rotatable bonds is 9. The molecular weight excluding hydrogens is 440 g/mol. The van der Waals surface area contributed by atoms with Crippen molar-refractivity contribution in [3.8, 4) is 11.5 Å². The Morgan fingerprint density at radius 2 is 1.58 bits per heavy atom. The SMILES string of the molecule is COc1ccc(N(CC(=O)N[C@H](c2ccccc2)c2ccc(C)cc2)S(C)(=O)=O)c(OC)c1. The van der Waals surface area contributed by atoms with Crippen molar-refractivity contribution in [2.75, 3.05) is 31.3 Å². The quantitative estimate of drug-likeness (QED) is 0.518. The molecule has 33 heavy (non-hydrogen) atoms. The van der Waals surface area contributed by atoms with Crippen molar-refractivity contribution < 1.29 is 22.7 Å². The van der Waals surface area contributed by atoms with Crippen molar-refractivity contribution in [3.05, 3.63) is 89.5 Å². The Hall–Kier alpha value is -3.52. The summed E-state index contributed by atoms with van der Waals surface area (Å²) in [6.45, 7) is 1.59. The van der Waals surface area contributed by atoms with Crippen LogP contribution in [-0.2, 0) is 14.8 Å². The molecule has 3 aromatic carbocycles. The number of benzene rings is 3. The summed E-state index contributed by atoms with van der Waals surface area (Å²) in [6, 6.07) is 21.7. The number of hydrogen-bond acceptors (Lipinski definition) is 5. The molecule has 0 unspecified atom stereocenters. The first-order valence-corrected chi connectivity index (χ1v) is 12.2. The first-order valence-electron chi connectivity index (χ1n) is 10.3. The third-order valence-electron chi connectivity index (χ3n) is 5.19. The molecule has 0 aromatic heterocycles. The first kappa shape index (κ1) is 24.1. The molecule has 0 spiro atoms. The Morgan fingerprint density at radius 3 is 2.15 bits per heavy atom. The number of ether oxygens (including phenoxy) is 2. The van der Waals surface area contributed by atoms with E-state index >= 15 is 0 Å². The van der Waals surface area contributed by atoms with Gasteiger partial charge in [-0.3, -0.25) is 9.10 Å². The van der Waals surface area contributed by atoms with Crippen LogP contribution in [0.15, 0.2) is 72.8 Å². The van der Waals surface area contributed by atoms with E-state index in [9.17, 15) is 13.2 Å². The van der Waals surface area contributed by atoms with Crippen LogP contribution in [0.5, 0.6) is 11.5 Å². The van der Waals surface area contributed by atoms with E-state index in [0.29, 0.717) is 5.75 Å². The molecule has 1 amide bonds. The fraction of sp³-hybridized carbons (Fsp3) is 0.240. The van der Waals surface area contributed by atoms with Crippen molar-refractivity contribution in [2.24, 2.45) is 0 Å². The van der Waals surface area contributed by atoms with Crippen molar-refractivity contribution in [1.29, 1.82) is 0 Å². The lowest BCUT2D eigenvalue weighted by molar-refractivity contribution is -0.120. The second-order valence-electron chi connectivity index (χ2n) is 7.63. The Kier molecular flexibility index (Phi) is 7.60. The zero-order valence-electron chi connectivity index (χ0n) is 19.1. The molecule has 0 saturated heterocycles. The molecule has 0 radical (unpaired) electrons. The van der Waals surface area contributed by atoms with Gasteiger partial charge in [0.15, 0.2) is 0 Å². The summed E-state index contributed by atoms with van der Waals surface area (Å²) in [4.78, 5) is 13.1. The Balaban J connectivity index is 1.92. The highest BCUT2D eigenvalue weighted by molar-refractivity contribution is 7.92. The number of nitrogens with zero attached hydrogens (tertiary/aromatic N) is 1. The lowest BCUT2D eigenvalue weighted by atomic mass is 9.98. The average Bonchev–Trinajstić information content (AvgIpc) is 2.81. The third kappa shape index (κ3) is 6.04. The van der Waals surface area contributed by atoms with E-state index in [1.165, 1.54) is 14.2 Å². The Morgan fingerprint density at radius 1 is 0.939 bits per heavy atom. The summed E-state index contributed by atoms with van der Waals surface area (Å²) in [7, 11) is -0.847. The molecular formula is C25H28N2O5S. The Bertz CT molecular complexity index is 1200. The maximum absolute atomic E-state index is 13.1. The number of aryl methyl sites for hydroxylation is 1. The van der Waals surface area contributed by atoms with Gasteiger partial charge >= 0.3 is 0 Å². The minimum absolute atomic E-state index is 0.252. The number of sulfonamides is 1. The molecule has 0 heterocycles. The predicted octanol–water partition coefficient (Wildman–Crippen LogP) is 3.68. The van der Waals surface area contributed by atoms with E-state index in [1.807, 2.05) is 61.5 Å². The molecule has 0 bridgehead atoms. The lowest BCUT2D eigenvalue weighted by Crippen LogP contribution is -2.42. The molecule has 7 nitrogen and oxygen atoms in total. The zero-order valence-corrected chi connectivity index (χ0v) is 19.9. The maximum Gasteiger partial charge on any atom is 0.241 e. The molecule has 3 aromatic rings. The fourth-order valence-electron chi connectivity index (χ4n) is 3.47. The van der Waals surface area contributed by atoms with E-state index in [-0.39, 0.29) is 11.4 Å². The number of anilines is 1. The van der Waals surface area contributed by atoms with Crippen LogP contribution < -0.4 is 19.1 Å². The summed E-state index contributed by atoms with van der Waals surface area (Å²) >= 11 is 0. The van der Waals surface area contributed by atoms with Crippen LogP contribution in [0.4, 0.5) is 5.69 Å². The van der Waals surface area contributed by atoms with Crippen LogP contribution in [-0.4, -0.2) is 41.3 Å². The molecule has 0 saturated carbocycles. The predicted molar refractivity (Wildman–Crippen MR) is 129 cm³/mol. The van der Waals surface area contributed by atoms with Crippen LogP contribution in [0.25, 0.3) is 0 Å². The monoisotopic (exact) mass is 468 g/mol. The highest BCUT2D eigenvalue weighted by Gasteiger charge is 2.26. The average molecular weight is 469 g/mol. The number of hydrogen-bond donors (Lipinski definition) is 1. The summed E-state index contributed by atoms with van der Waals surface area (Å²) in [6.07, 6.45) is 1.05. The summed E-state index contributed by atoms with van der Waals surface area (Å²) in [5, 5.41) is 2.99. The first-order chi connectivity index (χ1) is 15.7. The van der Waals surface area contributed by atoms with Crippen LogP contribution in [0.2, 0.25) is 0 Å². The molecule has 174 valence electrons. The molecule has 1 N–H and O–H groups in total. The number of carbonyl (C=O) groups excluding carboxylic acids is 1. The van der Waals surface area contributed by atoms with Crippen LogP contribution in [0.3, 0.4) is 0 Å². The van der Waals surface area contributed by atoms with E-state index < -0.39 is 28.5 Å². The minimum atomic E-state index is -3.78. The molecule has 0 aliphatic heterocycles. The summed E-state index contributed by atoms with van der Waals surface area (Å²) in [5.74, 6) is 0.343. The van der Waals surface area contributed by atoms with Gasteiger partial charge in [0.05, 0.1) is 32.2 Å². The molecule has 0 aliphatic rings. The Labute approximate surface area is 195 Å². The maximum atomic E-state index is 13.1. The third-order valence-corrected chi connectivity index (χ3v) is 6.32. The smallest absolute Gasteiger partial charge is 0.241 e. The standard InChI is InChI=1S/C25H28N2O5S/c1-18-10-12-20(13-11-18)25(19-8-6-5-7-9-19)26-24(28)17-27(33(4,29)30)22-15-14-21(31-2)16-23(22)32-3/h5-16,25H,17H2,1-4H3,(H,26,28)/t25-/m1/s1. The zero-order chi connectivity index (χ0) is 24.0. The fourth-order valence-corrected chi connectivity index (χ4v) is 4.33. The van der Waals surface area contributed by atoms with E-state index in [4.69, 9.17) is 9.47 Å². The van der Waals surface area contributed by atoms with Crippen LogP contribution in [0, 0.1) is 6.92 Å². The molecule has 0 aliphatic carbocycles. The van der Waals surface area contributed by atoms with Gasteiger partial charge in [-0.1, -0.05) is 60.2 Å². The van der Waals surface area contributed by atoms with Gasteiger partial charge in [-0.2, -0.15) is 0 Å². The molecule has 0 fully saturated rings. The van der Waals surface area contributed by atoms with Crippen molar-refractivity contribution in [3.63, 3.8) is 0 Å². The van der Waals surface area contributed by atoms with Gasteiger partial charge in [0.1, 0.15) is 18.0 Å². The van der Waals surface area contributed by atoms with E-state index in [1.54, 1.807) is 18.2 Å². The van der Waals surface area contributed by atoms with Gasteiger partial charge in [0.2, 0.25) is 15.9 Å². The molecule has 3 rings (SSSR count). The van der Waals surface area contributed by atoms with Crippen molar-refractivity contribution >= 4 is 21.6 Å². The molecule has 1 atom stereocenters. The largest absolute Gasteiger partial charge is 0.497 e. The van der Waals surface area contributed by atoms with Gasteiger partial charge < -0.3 is 14.8 Å². The van der Waals surface area contributed by atoms with Gasteiger partial charge in [-0.15, -0.1) is 0 Å². The van der Waals surface area contributed by atoms with E-state index in [2.05, 4.69) is 5.32 Å². The highest BCUT2D eigenvalue weighted by atomic mass is 32.2. The van der Waals surface area contributed by atoms with Crippen LogP contribution in [0.1, 0.15) is 22.7 Å². The van der Waals surface area contributed by atoms with Gasteiger partial charge in [0, 0.05) is 6.07 Å². The summed E-state index contributed by atoms with van der Waals surface area (Å²) in [5.41, 5.74) is 3.14. The lowest BCUT2D eigenvalue weighted by Gasteiger charge is -2.26. The highest BCUT2D eigenvalue weighted by Crippen LogP contribution is 2.33. The van der Waals surface area contributed by atoms with Crippen molar-refractivity contribution in [2.45, 2.75) is 13.0 Å². The van der Waals surface area contributed by atoms with Gasteiger partial charge in [0.25, 0.3) is 0 Å². The van der Waals surface area contributed by atoms with E-state index in [0.717, 1.165) is 27.3 Å². The topological polar surface area (TPSA) is 84.9 Å². The number of carbonyl (C=O) groups is 1. The van der Waals surface area contributed by atoms with Gasteiger partial charge in [-0.05, 0) is 30.2 Å². The normalized spacial score (nSPS) is 12.0. The van der Waals surface area contributed by atoms with Gasteiger partial charge in [-0.25, -0.2) is 8.42 Å². The number of nitrogens with one attached hydrogen (secondary N) is 1. The van der Waals surface area contributed by atoms with Crippen LogP contribution >= 0.6 is 0 Å². The molecule has 8 heteroatoms. The number of amides is 1. The second kappa shape index (κ2) is 10.4. The van der Waals surface area contributed by atoms with Crippen molar-refractivity contribution in [1.82, 2.24) is 5.32 Å². The minimum Gasteiger partial charge on any atom is -0.497 e. The number of methoxy groups -OCH3 is 2. The summed E-state index contributed by atoms with van der Waals surface area (Å²) < 4.78 is 36.8. The second-order valence-corrected chi connectivity index (χ2v) is 9.54.